The third-order valence-electron chi connectivity index (χ3n) is 5.70. The van der Waals surface area contributed by atoms with E-state index in [9.17, 15) is 19.2 Å². The Balaban J connectivity index is 2.37. The van der Waals surface area contributed by atoms with Crippen molar-refractivity contribution in [3.63, 3.8) is 0 Å². The number of carbonyl (C=O) groups is 4. The first-order valence-corrected chi connectivity index (χ1v) is 13.0. The highest BCUT2D eigenvalue weighted by Crippen LogP contribution is 2.40. The van der Waals surface area contributed by atoms with Crippen molar-refractivity contribution in [2.45, 2.75) is 71.2 Å². The number of benzene rings is 1. The molecule has 1 saturated carbocycles. The van der Waals surface area contributed by atoms with Crippen LogP contribution in [0.1, 0.15) is 64.6 Å². The zero-order chi connectivity index (χ0) is 27.8. The van der Waals surface area contributed by atoms with E-state index in [4.69, 9.17) is 15.9 Å². The second-order valence-corrected chi connectivity index (χ2v) is 10.3. The number of alkyl carbamates (subject to hydrolysis) is 1. The molecule has 1 aliphatic carbocycles. The summed E-state index contributed by atoms with van der Waals surface area (Å²) in [5.74, 6) is 1.35. The normalized spacial score (nSPS) is 18.0. The van der Waals surface area contributed by atoms with Gasteiger partial charge in [0, 0.05) is 23.9 Å². The average Bonchev–Trinajstić information content (AvgIpc) is 3.55. The van der Waals surface area contributed by atoms with E-state index in [1.807, 2.05) is 6.92 Å². The zero-order valence-electron chi connectivity index (χ0n) is 22.1. The lowest BCUT2D eigenvalue weighted by Crippen LogP contribution is -2.54. The van der Waals surface area contributed by atoms with E-state index in [1.165, 1.54) is 4.90 Å². The Hall–Kier alpha value is -3.19. The van der Waals surface area contributed by atoms with Crippen LogP contribution in [-0.4, -0.2) is 65.4 Å². The number of hydrogen-bond acceptors (Lipinski definition) is 7. The minimum Gasteiger partial charge on any atom is -0.466 e. The number of carbonyl (C=O) groups excluding carboxylic acids is 4. The van der Waals surface area contributed by atoms with Crippen LogP contribution in [0.5, 0.6) is 0 Å². The van der Waals surface area contributed by atoms with E-state index in [0.29, 0.717) is 17.5 Å². The molecule has 3 amide bonds. The number of nitrogens with zero attached hydrogens (tertiary/aromatic N) is 1. The zero-order valence-corrected chi connectivity index (χ0v) is 23.0. The Morgan fingerprint density at radius 3 is 2.32 bits per heavy atom. The number of thiol groups is 1. The van der Waals surface area contributed by atoms with E-state index >= 15 is 0 Å². The summed E-state index contributed by atoms with van der Waals surface area (Å²) in [6.07, 6.45) is 5.43. The molecule has 1 aromatic rings. The van der Waals surface area contributed by atoms with E-state index in [1.54, 1.807) is 52.0 Å². The number of rotatable bonds is 11. The fraction of sp³-hybridized carbons (Fsp3) is 0.556. The Kier molecular flexibility index (Phi) is 10.9. The van der Waals surface area contributed by atoms with Crippen LogP contribution in [0, 0.1) is 18.3 Å². The maximum Gasteiger partial charge on any atom is 0.408 e. The van der Waals surface area contributed by atoms with Gasteiger partial charge in [-0.05, 0) is 57.7 Å². The lowest BCUT2D eigenvalue weighted by molar-refractivity contribution is -0.144. The van der Waals surface area contributed by atoms with Crippen LogP contribution in [0.4, 0.5) is 4.79 Å². The first-order valence-electron chi connectivity index (χ1n) is 12.3. The molecule has 0 bridgehead atoms. The highest BCUT2D eigenvalue weighted by Gasteiger charge is 2.48. The molecule has 4 atom stereocenters. The van der Waals surface area contributed by atoms with Gasteiger partial charge in [-0.2, -0.15) is 12.6 Å². The smallest absolute Gasteiger partial charge is 0.408 e. The molecular weight excluding hydrogens is 494 g/mol. The van der Waals surface area contributed by atoms with Crippen molar-refractivity contribution < 1.29 is 28.7 Å². The molecule has 37 heavy (non-hydrogen) atoms. The van der Waals surface area contributed by atoms with Crippen LogP contribution in [0.2, 0.25) is 0 Å². The fourth-order valence-corrected chi connectivity index (χ4v) is 4.05. The van der Waals surface area contributed by atoms with Gasteiger partial charge >= 0.3 is 12.1 Å². The Bertz CT molecular complexity index is 1010. The minimum absolute atomic E-state index is 0.00288. The maximum absolute atomic E-state index is 13.8. The first-order chi connectivity index (χ1) is 17.4. The summed E-state index contributed by atoms with van der Waals surface area (Å²) in [5, 5.41) is 5.34. The topological polar surface area (TPSA) is 114 Å². The number of ether oxygens (including phenoxy) is 2. The summed E-state index contributed by atoms with van der Waals surface area (Å²) < 4.78 is 10.2. The van der Waals surface area contributed by atoms with Crippen molar-refractivity contribution in [2.75, 3.05) is 18.9 Å². The lowest BCUT2D eigenvalue weighted by Gasteiger charge is -2.34. The van der Waals surface area contributed by atoms with Crippen molar-refractivity contribution in [3.05, 3.63) is 35.4 Å². The summed E-state index contributed by atoms with van der Waals surface area (Å²) in [7, 11) is 0. The number of hydrogen-bond donors (Lipinski definition) is 3. The van der Waals surface area contributed by atoms with Crippen molar-refractivity contribution in [2.24, 2.45) is 5.92 Å². The molecule has 2 N–H and O–H groups in total. The lowest BCUT2D eigenvalue weighted by atomic mass is 10.0. The van der Waals surface area contributed by atoms with Gasteiger partial charge in [-0.3, -0.25) is 14.4 Å². The molecule has 1 aromatic carbocycles. The Labute approximate surface area is 224 Å². The minimum atomic E-state index is -1.02. The van der Waals surface area contributed by atoms with Crippen molar-refractivity contribution >= 4 is 36.5 Å². The van der Waals surface area contributed by atoms with Crippen molar-refractivity contribution in [3.8, 4) is 12.3 Å². The third-order valence-corrected chi connectivity index (χ3v) is 6.07. The van der Waals surface area contributed by atoms with Gasteiger partial charge in [-0.15, -0.1) is 6.42 Å². The van der Waals surface area contributed by atoms with Gasteiger partial charge in [0.15, 0.2) is 0 Å². The highest BCUT2D eigenvalue weighted by atomic mass is 32.1. The number of nitrogens with one attached hydrogen (secondary N) is 2. The second-order valence-electron chi connectivity index (χ2n) is 9.92. The monoisotopic (exact) mass is 531 g/mol. The molecule has 202 valence electrons. The van der Waals surface area contributed by atoms with Gasteiger partial charge in [0.2, 0.25) is 11.8 Å². The van der Waals surface area contributed by atoms with Crippen LogP contribution < -0.4 is 10.6 Å². The van der Waals surface area contributed by atoms with Crippen LogP contribution in [0.25, 0.3) is 0 Å². The molecule has 0 spiro atoms. The van der Waals surface area contributed by atoms with Gasteiger partial charge in [-0.25, -0.2) is 4.79 Å². The van der Waals surface area contributed by atoms with E-state index < -0.39 is 41.6 Å². The van der Waals surface area contributed by atoms with Crippen LogP contribution in [0.15, 0.2) is 24.3 Å². The highest BCUT2D eigenvalue weighted by molar-refractivity contribution is 7.80. The second kappa shape index (κ2) is 13.4. The number of amides is 3. The SMILES string of the molecule is C#Cc1ccc(C(C(=O)NCCC(=O)OCC)N(C(=O)C(CS)NC(=O)OC(C)(C)C)C2CC2C)cc1. The van der Waals surface area contributed by atoms with Crippen LogP contribution in [-0.2, 0) is 23.9 Å². The maximum atomic E-state index is 13.8. The molecule has 1 aliphatic rings. The molecule has 0 aliphatic heterocycles. The standard InChI is InChI=1S/C27H37N3O6S/c1-7-18-9-11-19(12-10-18)23(24(32)28-14-13-22(31)35-8-2)30(21-15-17(21)3)25(33)20(16-37)29-26(34)36-27(4,5)6/h1,9-12,17,20-21,23,37H,8,13-16H2,2-6H3,(H,28,32)(H,29,34). The van der Waals surface area contributed by atoms with E-state index in [-0.39, 0.29) is 37.3 Å². The molecule has 4 unspecified atom stereocenters. The number of terminal acetylenes is 1. The summed E-state index contributed by atoms with van der Waals surface area (Å²) in [4.78, 5) is 53.0. The quantitative estimate of drug-likeness (QED) is 0.230. The summed E-state index contributed by atoms with van der Waals surface area (Å²) in [6.45, 7) is 9.14. The van der Waals surface area contributed by atoms with E-state index in [2.05, 4.69) is 29.2 Å². The summed E-state index contributed by atoms with van der Waals surface area (Å²) >= 11 is 4.29. The van der Waals surface area contributed by atoms with Gasteiger partial charge in [0.1, 0.15) is 17.7 Å². The molecule has 9 nitrogen and oxygen atoms in total. The van der Waals surface area contributed by atoms with Gasteiger partial charge in [0.25, 0.3) is 0 Å². The average molecular weight is 532 g/mol. The predicted octanol–water partition coefficient (Wildman–Crippen LogP) is 2.84. The molecular formula is C27H37N3O6S. The van der Waals surface area contributed by atoms with Crippen molar-refractivity contribution in [1.82, 2.24) is 15.5 Å². The third kappa shape index (κ3) is 9.01. The fourth-order valence-electron chi connectivity index (χ4n) is 3.80. The molecule has 2 rings (SSSR count). The van der Waals surface area contributed by atoms with Crippen LogP contribution in [0.3, 0.4) is 0 Å². The summed E-state index contributed by atoms with van der Waals surface area (Å²) in [6, 6.07) is 4.54. The molecule has 0 aromatic heterocycles. The molecule has 0 heterocycles. The Morgan fingerprint density at radius 2 is 1.84 bits per heavy atom. The number of esters is 1. The molecule has 0 saturated heterocycles. The molecule has 1 fully saturated rings. The predicted molar refractivity (Wildman–Crippen MR) is 143 cm³/mol. The van der Waals surface area contributed by atoms with Gasteiger partial charge in [-0.1, -0.05) is 25.0 Å². The van der Waals surface area contributed by atoms with E-state index in [0.717, 1.165) is 0 Å². The van der Waals surface area contributed by atoms with Gasteiger partial charge < -0.3 is 25.0 Å². The summed E-state index contributed by atoms with van der Waals surface area (Å²) in [5.41, 5.74) is 0.428. The molecule has 10 heteroatoms. The van der Waals surface area contributed by atoms with Crippen LogP contribution >= 0.6 is 12.6 Å². The first kappa shape index (κ1) is 30.0. The molecule has 0 radical (unpaired) electrons. The van der Waals surface area contributed by atoms with Gasteiger partial charge in [0.05, 0.1) is 13.0 Å². The van der Waals surface area contributed by atoms with Crippen molar-refractivity contribution in [1.29, 1.82) is 0 Å². The largest absolute Gasteiger partial charge is 0.466 e. The Morgan fingerprint density at radius 1 is 1.22 bits per heavy atom.